The van der Waals surface area contributed by atoms with Crippen molar-refractivity contribution in [2.24, 2.45) is 11.8 Å². The van der Waals surface area contributed by atoms with Crippen LogP contribution in [0.25, 0.3) is 0 Å². The Hall–Kier alpha value is -0.260. The normalized spacial score (nSPS) is 34.8. The van der Waals surface area contributed by atoms with E-state index in [2.05, 4.69) is 26.8 Å². The van der Waals surface area contributed by atoms with Crippen LogP contribution in [0.4, 0.5) is 0 Å². The Morgan fingerprint density at radius 3 is 2.56 bits per heavy atom. The summed E-state index contributed by atoms with van der Waals surface area (Å²) in [6.45, 7) is 6.70. The molecule has 0 heterocycles. The molecule has 0 aromatic rings. The van der Waals surface area contributed by atoms with Crippen LogP contribution < -0.4 is 0 Å². The van der Waals surface area contributed by atoms with Crippen LogP contribution in [0.15, 0.2) is 11.6 Å². The molecule has 0 bridgehead atoms. The van der Waals surface area contributed by atoms with Crippen LogP contribution in [-0.2, 0) is 0 Å². The number of hydrogen-bond acceptors (Lipinski definition) is 0. The van der Waals surface area contributed by atoms with Crippen LogP contribution in [-0.4, -0.2) is 0 Å². The van der Waals surface area contributed by atoms with E-state index in [1.807, 2.05) is 0 Å². The molecule has 0 spiro atoms. The van der Waals surface area contributed by atoms with E-state index in [-0.39, 0.29) is 0 Å². The largest absolute Gasteiger partial charge is 0.0887 e. The van der Waals surface area contributed by atoms with E-state index in [4.69, 9.17) is 0 Å². The van der Waals surface area contributed by atoms with Gasteiger partial charge in [-0.25, -0.2) is 0 Å². The first kappa shape index (κ1) is 6.85. The third-order valence-electron chi connectivity index (χ3n) is 2.35. The van der Waals surface area contributed by atoms with Crippen molar-refractivity contribution in [2.45, 2.75) is 33.6 Å². The minimum atomic E-state index is 1.01. The van der Waals surface area contributed by atoms with E-state index >= 15 is 0 Å². The fourth-order valence-electron chi connectivity index (χ4n) is 1.21. The molecule has 0 nitrogen and oxygen atoms in total. The topological polar surface area (TPSA) is 0 Å². The molecule has 9 heavy (non-hydrogen) atoms. The molecule has 52 valence electrons. The van der Waals surface area contributed by atoms with E-state index in [0.717, 1.165) is 11.8 Å². The van der Waals surface area contributed by atoms with Crippen molar-refractivity contribution in [3.63, 3.8) is 0 Å². The zero-order valence-electron chi connectivity index (χ0n) is 6.65. The molecule has 0 aliphatic heterocycles. The summed E-state index contributed by atoms with van der Waals surface area (Å²) in [5.74, 6) is 2.04. The van der Waals surface area contributed by atoms with Gasteiger partial charge in [-0.15, -0.1) is 0 Å². The van der Waals surface area contributed by atoms with Crippen LogP contribution in [0.5, 0.6) is 0 Å². The van der Waals surface area contributed by atoms with E-state index < -0.39 is 0 Å². The molecule has 1 aliphatic carbocycles. The summed E-state index contributed by atoms with van der Waals surface area (Å²) in [5, 5.41) is 0. The van der Waals surface area contributed by atoms with Crippen molar-refractivity contribution in [3.8, 4) is 0 Å². The summed E-state index contributed by atoms with van der Waals surface area (Å²) >= 11 is 0. The molecule has 2 atom stereocenters. The third kappa shape index (κ3) is 1.85. The smallest absolute Gasteiger partial charge is 0.0292 e. The van der Waals surface area contributed by atoms with Crippen molar-refractivity contribution in [1.29, 1.82) is 0 Å². The van der Waals surface area contributed by atoms with Crippen molar-refractivity contribution >= 4 is 0 Å². The Balaban J connectivity index is 2.19. The summed E-state index contributed by atoms with van der Waals surface area (Å²) in [5.41, 5.74) is 1.56. The Morgan fingerprint density at radius 2 is 2.22 bits per heavy atom. The van der Waals surface area contributed by atoms with E-state index in [0.29, 0.717) is 0 Å². The lowest BCUT2D eigenvalue weighted by molar-refractivity contribution is 0.739. The standard InChI is InChI=1S/C9H16/c1-4-7(2)5-9-6-8(9)3/h4,8-9H,5-6H2,1-3H3. The molecule has 0 heteroatoms. The lowest BCUT2D eigenvalue weighted by Crippen LogP contribution is -1.80. The fraction of sp³-hybridized carbons (Fsp3) is 0.778. The summed E-state index contributed by atoms with van der Waals surface area (Å²) in [7, 11) is 0. The van der Waals surface area contributed by atoms with Crippen LogP contribution >= 0.6 is 0 Å². The monoisotopic (exact) mass is 124 g/mol. The average molecular weight is 124 g/mol. The molecule has 0 amide bonds. The predicted octanol–water partition coefficient (Wildman–Crippen LogP) is 3.00. The zero-order valence-corrected chi connectivity index (χ0v) is 6.65. The van der Waals surface area contributed by atoms with E-state index in [1.54, 1.807) is 5.57 Å². The van der Waals surface area contributed by atoms with Gasteiger partial charge in [0.15, 0.2) is 0 Å². The average Bonchev–Trinajstić information content (AvgIpc) is 2.47. The number of allylic oxidation sites excluding steroid dienone is 2. The van der Waals surface area contributed by atoms with Gasteiger partial charge in [0.05, 0.1) is 0 Å². The van der Waals surface area contributed by atoms with Gasteiger partial charge < -0.3 is 0 Å². The molecule has 1 rings (SSSR count). The van der Waals surface area contributed by atoms with Gasteiger partial charge >= 0.3 is 0 Å². The number of hydrogen-bond donors (Lipinski definition) is 0. The lowest BCUT2D eigenvalue weighted by atomic mass is 10.1. The molecule has 0 aromatic heterocycles. The maximum atomic E-state index is 2.34. The van der Waals surface area contributed by atoms with Gasteiger partial charge in [-0.05, 0) is 38.5 Å². The highest BCUT2D eigenvalue weighted by atomic mass is 14.4. The van der Waals surface area contributed by atoms with Crippen molar-refractivity contribution < 1.29 is 0 Å². The zero-order chi connectivity index (χ0) is 6.85. The molecule has 0 N–H and O–H groups in total. The second-order valence-corrected chi connectivity index (χ2v) is 3.31. The highest BCUT2D eigenvalue weighted by molar-refractivity contribution is 5.01. The molecule has 2 unspecified atom stereocenters. The van der Waals surface area contributed by atoms with Crippen molar-refractivity contribution in [3.05, 3.63) is 11.6 Å². The minimum Gasteiger partial charge on any atom is -0.0887 e. The quantitative estimate of drug-likeness (QED) is 0.496. The highest BCUT2D eigenvalue weighted by Crippen LogP contribution is 2.42. The van der Waals surface area contributed by atoms with Gasteiger partial charge in [0, 0.05) is 0 Å². The van der Waals surface area contributed by atoms with Crippen LogP contribution in [0.3, 0.4) is 0 Å². The first-order valence-corrected chi connectivity index (χ1v) is 3.86. The summed E-state index contributed by atoms with van der Waals surface area (Å²) < 4.78 is 0. The molecule has 1 fully saturated rings. The van der Waals surface area contributed by atoms with Gasteiger partial charge in [-0.2, -0.15) is 0 Å². The maximum absolute atomic E-state index is 2.34. The molecule has 1 aliphatic rings. The molecular weight excluding hydrogens is 108 g/mol. The fourth-order valence-corrected chi connectivity index (χ4v) is 1.21. The van der Waals surface area contributed by atoms with Crippen molar-refractivity contribution in [1.82, 2.24) is 0 Å². The van der Waals surface area contributed by atoms with Gasteiger partial charge in [0.1, 0.15) is 0 Å². The molecule has 1 saturated carbocycles. The van der Waals surface area contributed by atoms with E-state index in [9.17, 15) is 0 Å². The van der Waals surface area contributed by atoms with Gasteiger partial charge in [-0.1, -0.05) is 18.6 Å². The molecular formula is C9H16. The van der Waals surface area contributed by atoms with E-state index in [1.165, 1.54) is 12.8 Å². The molecule has 0 radical (unpaired) electrons. The van der Waals surface area contributed by atoms with Crippen LogP contribution in [0.2, 0.25) is 0 Å². The SMILES string of the molecule is CC=C(C)CC1CC1C. The van der Waals surface area contributed by atoms with Crippen LogP contribution in [0.1, 0.15) is 33.6 Å². The molecule has 0 aromatic carbocycles. The Labute approximate surface area is 58.0 Å². The predicted molar refractivity (Wildman–Crippen MR) is 41.3 cm³/mol. The summed E-state index contributed by atoms with van der Waals surface area (Å²) in [6, 6.07) is 0. The Morgan fingerprint density at radius 1 is 1.67 bits per heavy atom. The highest BCUT2D eigenvalue weighted by Gasteiger charge is 2.31. The third-order valence-corrected chi connectivity index (χ3v) is 2.35. The lowest BCUT2D eigenvalue weighted by Gasteiger charge is -1.95. The Kier molecular flexibility index (Phi) is 1.94. The maximum Gasteiger partial charge on any atom is -0.0292 e. The summed E-state index contributed by atoms with van der Waals surface area (Å²) in [6.07, 6.45) is 5.04. The van der Waals surface area contributed by atoms with Crippen molar-refractivity contribution in [2.75, 3.05) is 0 Å². The van der Waals surface area contributed by atoms with Gasteiger partial charge in [0.2, 0.25) is 0 Å². The first-order chi connectivity index (χ1) is 4.24. The van der Waals surface area contributed by atoms with Crippen LogP contribution in [0, 0.1) is 11.8 Å². The minimum absolute atomic E-state index is 1.01. The second kappa shape index (κ2) is 2.55. The Bertz CT molecular complexity index is 122. The van der Waals surface area contributed by atoms with Gasteiger partial charge in [-0.3, -0.25) is 0 Å². The molecule has 0 saturated heterocycles. The summed E-state index contributed by atoms with van der Waals surface area (Å²) in [4.78, 5) is 0. The first-order valence-electron chi connectivity index (χ1n) is 3.86. The second-order valence-electron chi connectivity index (χ2n) is 3.31. The number of rotatable bonds is 2. The van der Waals surface area contributed by atoms with Gasteiger partial charge in [0.25, 0.3) is 0 Å².